The summed E-state index contributed by atoms with van der Waals surface area (Å²) in [6.07, 6.45) is 3.41. The molecule has 1 saturated heterocycles. The van der Waals surface area contributed by atoms with E-state index in [2.05, 4.69) is 0 Å². The maximum Gasteiger partial charge on any atom is 0.338 e. The summed E-state index contributed by atoms with van der Waals surface area (Å²) in [4.78, 5) is 49.3. The number of fused-ring (bicyclic) bond motifs is 1. The molecule has 126 valence electrons. The van der Waals surface area contributed by atoms with Crippen molar-refractivity contribution in [2.24, 2.45) is 11.8 Å². The third kappa shape index (κ3) is 2.96. The Morgan fingerprint density at radius 3 is 2.33 bits per heavy atom. The zero-order chi connectivity index (χ0) is 17.3. The van der Waals surface area contributed by atoms with Crippen LogP contribution in [0.1, 0.15) is 43.0 Å². The third-order valence-electron chi connectivity index (χ3n) is 4.59. The second-order valence-electron chi connectivity index (χ2n) is 6.34. The zero-order valence-electron chi connectivity index (χ0n) is 13.5. The predicted molar refractivity (Wildman–Crippen MR) is 85.3 cm³/mol. The van der Waals surface area contributed by atoms with Crippen molar-refractivity contribution in [3.05, 3.63) is 29.8 Å². The standard InChI is InChI=1S/C18H19NO5/c1-11(20)10-24-18(23)12-5-4-6-13(9-12)19-16(21)14-7-2-3-8-15(14)17(19)22/h4-6,9,14-15H,2-3,7-8,10H2,1H3. The second-order valence-corrected chi connectivity index (χ2v) is 6.34. The highest BCUT2D eigenvalue weighted by atomic mass is 16.5. The molecule has 2 amide bonds. The number of ketones is 1. The van der Waals surface area contributed by atoms with Crippen LogP contribution in [-0.2, 0) is 19.1 Å². The van der Waals surface area contributed by atoms with Gasteiger partial charge < -0.3 is 4.74 Å². The van der Waals surface area contributed by atoms with Gasteiger partial charge in [0.2, 0.25) is 11.8 Å². The minimum atomic E-state index is -0.649. The highest BCUT2D eigenvalue weighted by Crippen LogP contribution is 2.40. The van der Waals surface area contributed by atoms with Gasteiger partial charge in [-0.2, -0.15) is 0 Å². The van der Waals surface area contributed by atoms with E-state index in [0.717, 1.165) is 25.7 Å². The largest absolute Gasteiger partial charge is 0.454 e. The molecule has 0 radical (unpaired) electrons. The maximum absolute atomic E-state index is 12.6. The third-order valence-corrected chi connectivity index (χ3v) is 4.59. The molecule has 1 aliphatic heterocycles. The lowest BCUT2D eigenvalue weighted by molar-refractivity contribution is -0.122. The minimum Gasteiger partial charge on any atom is -0.454 e. The highest BCUT2D eigenvalue weighted by molar-refractivity contribution is 6.22. The summed E-state index contributed by atoms with van der Waals surface area (Å²) in [5, 5.41) is 0. The number of nitrogens with zero attached hydrogens (tertiary/aromatic N) is 1. The molecule has 2 fully saturated rings. The van der Waals surface area contributed by atoms with Crippen LogP contribution >= 0.6 is 0 Å². The van der Waals surface area contributed by atoms with Crippen LogP contribution in [0.15, 0.2) is 24.3 Å². The van der Waals surface area contributed by atoms with E-state index in [1.807, 2.05) is 0 Å². The van der Waals surface area contributed by atoms with Gasteiger partial charge in [0.15, 0.2) is 5.78 Å². The molecule has 2 atom stereocenters. The minimum absolute atomic E-state index is 0.182. The summed E-state index contributed by atoms with van der Waals surface area (Å²) in [5.41, 5.74) is 0.598. The topological polar surface area (TPSA) is 80.8 Å². The van der Waals surface area contributed by atoms with Gasteiger partial charge in [0, 0.05) is 0 Å². The Kier molecular flexibility index (Phi) is 4.46. The van der Waals surface area contributed by atoms with Crippen LogP contribution in [0.5, 0.6) is 0 Å². The molecule has 24 heavy (non-hydrogen) atoms. The molecule has 0 spiro atoms. The van der Waals surface area contributed by atoms with Crippen molar-refractivity contribution < 1.29 is 23.9 Å². The van der Waals surface area contributed by atoms with Crippen LogP contribution in [0.3, 0.4) is 0 Å². The quantitative estimate of drug-likeness (QED) is 0.624. The van der Waals surface area contributed by atoms with Crippen LogP contribution < -0.4 is 4.90 Å². The van der Waals surface area contributed by atoms with E-state index in [4.69, 9.17) is 4.74 Å². The SMILES string of the molecule is CC(=O)COC(=O)c1cccc(N2C(=O)C3CCCCC3C2=O)c1. The van der Waals surface area contributed by atoms with Crippen LogP contribution in [0.2, 0.25) is 0 Å². The molecule has 1 saturated carbocycles. The van der Waals surface area contributed by atoms with Crippen molar-refractivity contribution in [2.45, 2.75) is 32.6 Å². The smallest absolute Gasteiger partial charge is 0.338 e. The fourth-order valence-corrected chi connectivity index (χ4v) is 3.44. The van der Waals surface area contributed by atoms with E-state index < -0.39 is 5.97 Å². The maximum atomic E-state index is 12.6. The fourth-order valence-electron chi connectivity index (χ4n) is 3.44. The van der Waals surface area contributed by atoms with E-state index in [9.17, 15) is 19.2 Å². The lowest BCUT2D eigenvalue weighted by Gasteiger charge is -2.19. The molecular formula is C18H19NO5. The van der Waals surface area contributed by atoms with Gasteiger partial charge in [0.25, 0.3) is 0 Å². The summed E-state index contributed by atoms with van der Waals surface area (Å²) >= 11 is 0. The number of anilines is 1. The second kappa shape index (κ2) is 6.55. The molecule has 1 aromatic carbocycles. The summed E-state index contributed by atoms with van der Waals surface area (Å²) in [7, 11) is 0. The summed E-state index contributed by atoms with van der Waals surface area (Å²) in [6.45, 7) is 1.03. The molecule has 6 nitrogen and oxygen atoms in total. The van der Waals surface area contributed by atoms with Crippen LogP contribution in [-0.4, -0.2) is 30.2 Å². The summed E-state index contributed by atoms with van der Waals surface area (Å²) in [6, 6.07) is 6.23. The Morgan fingerprint density at radius 2 is 1.75 bits per heavy atom. The molecular weight excluding hydrogens is 310 g/mol. The Hall–Kier alpha value is -2.50. The number of esters is 1. The number of imide groups is 1. The summed E-state index contributed by atoms with van der Waals surface area (Å²) < 4.78 is 4.88. The number of ether oxygens (including phenoxy) is 1. The number of amides is 2. The molecule has 0 N–H and O–H groups in total. The average Bonchev–Trinajstić information content (AvgIpc) is 2.84. The molecule has 0 bridgehead atoms. The van der Waals surface area contributed by atoms with E-state index in [1.165, 1.54) is 24.0 Å². The number of benzene rings is 1. The summed E-state index contributed by atoms with van der Waals surface area (Å²) in [5.74, 6) is -1.74. The first-order valence-electron chi connectivity index (χ1n) is 8.13. The monoisotopic (exact) mass is 329 g/mol. The highest BCUT2D eigenvalue weighted by Gasteiger charge is 2.48. The fraction of sp³-hybridized carbons (Fsp3) is 0.444. The van der Waals surface area contributed by atoms with Gasteiger partial charge in [-0.15, -0.1) is 0 Å². The normalized spacial score (nSPS) is 23.1. The van der Waals surface area contributed by atoms with Crippen molar-refractivity contribution in [3.63, 3.8) is 0 Å². The predicted octanol–water partition coefficient (Wildman–Crippen LogP) is 2.11. The number of rotatable bonds is 4. The molecule has 2 aliphatic rings. The zero-order valence-corrected chi connectivity index (χ0v) is 13.5. The molecule has 6 heteroatoms. The van der Waals surface area contributed by atoms with Gasteiger partial charge in [-0.25, -0.2) is 4.79 Å². The molecule has 1 aromatic rings. The van der Waals surface area contributed by atoms with Gasteiger partial charge in [-0.3, -0.25) is 19.3 Å². The van der Waals surface area contributed by atoms with Crippen LogP contribution in [0, 0.1) is 11.8 Å². The molecule has 1 aliphatic carbocycles. The van der Waals surface area contributed by atoms with Crippen molar-refractivity contribution in [2.75, 3.05) is 11.5 Å². The van der Waals surface area contributed by atoms with E-state index >= 15 is 0 Å². The Morgan fingerprint density at radius 1 is 1.12 bits per heavy atom. The number of hydrogen-bond donors (Lipinski definition) is 0. The van der Waals surface area contributed by atoms with Gasteiger partial charge >= 0.3 is 5.97 Å². The molecule has 1 heterocycles. The lowest BCUT2D eigenvalue weighted by atomic mass is 9.81. The van der Waals surface area contributed by atoms with Crippen molar-refractivity contribution in [3.8, 4) is 0 Å². The Labute approximate surface area is 139 Å². The van der Waals surface area contributed by atoms with Crippen LogP contribution in [0.25, 0.3) is 0 Å². The molecule has 2 unspecified atom stereocenters. The first kappa shape index (κ1) is 16.4. The molecule has 3 rings (SSSR count). The van der Waals surface area contributed by atoms with E-state index in [0.29, 0.717) is 5.69 Å². The van der Waals surface area contributed by atoms with E-state index in [1.54, 1.807) is 12.1 Å². The van der Waals surface area contributed by atoms with Crippen LogP contribution in [0.4, 0.5) is 5.69 Å². The van der Waals surface area contributed by atoms with Gasteiger partial charge in [0.1, 0.15) is 6.61 Å². The first-order chi connectivity index (χ1) is 11.5. The van der Waals surface area contributed by atoms with Gasteiger partial charge in [0.05, 0.1) is 23.1 Å². The van der Waals surface area contributed by atoms with E-state index in [-0.39, 0.29) is 41.6 Å². The van der Waals surface area contributed by atoms with Gasteiger partial charge in [-0.1, -0.05) is 18.9 Å². The Balaban J connectivity index is 1.83. The number of hydrogen-bond acceptors (Lipinski definition) is 5. The molecule has 0 aromatic heterocycles. The van der Waals surface area contributed by atoms with Gasteiger partial charge in [-0.05, 0) is 38.0 Å². The first-order valence-corrected chi connectivity index (χ1v) is 8.13. The number of Topliss-reactive ketones (excluding diaryl/α,β-unsaturated/α-hetero) is 1. The van der Waals surface area contributed by atoms with Crippen molar-refractivity contribution in [1.29, 1.82) is 0 Å². The Bertz CT molecular complexity index is 687. The average molecular weight is 329 g/mol. The van der Waals surface area contributed by atoms with Crippen molar-refractivity contribution in [1.82, 2.24) is 0 Å². The number of carbonyl (C=O) groups is 4. The number of carbonyl (C=O) groups excluding carboxylic acids is 4. The van der Waals surface area contributed by atoms with Crippen molar-refractivity contribution >= 4 is 29.3 Å². The lowest BCUT2D eigenvalue weighted by Crippen LogP contribution is -2.31.